The van der Waals surface area contributed by atoms with Gasteiger partial charge in [-0.15, -0.1) is 0 Å². The fourth-order valence-corrected chi connectivity index (χ4v) is 2.88. The van der Waals surface area contributed by atoms with Crippen LogP contribution < -0.4 is 14.8 Å². The van der Waals surface area contributed by atoms with Crippen molar-refractivity contribution in [2.24, 2.45) is 5.92 Å². The van der Waals surface area contributed by atoms with Gasteiger partial charge in [-0.05, 0) is 63.0 Å². The molecule has 23 heavy (non-hydrogen) atoms. The molecule has 0 aromatic heterocycles. The van der Waals surface area contributed by atoms with E-state index in [0.29, 0.717) is 12.7 Å². The monoisotopic (exact) mass is 320 g/mol. The summed E-state index contributed by atoms with van der Waals surface area (Å²) in [5.74, 6) is 3.10. The molecule has 4 heteroatoms. The van der Waals surface area contributed by atoms with Crippen LogP contribution in [0, 0.1) is 5.92 Å². The predicted molar refractivity (Wildman–Crippen MR) is 95.4 cm³/mol. The second-order valence-corrected chi connectivity index (χ2v) is 7.12. The van der Waals surface area contributed by atoms with Crippen LogP contribution in [0.2, 0.25) is 0 Å². The summed E-state index contributed by atoms with van der Waals surface area (Å²) in [6.07, 6.45) is 3.66. The Kier molecular flexibility index (Phi) is 7.18. The van der Waals surface area contributed by atoms with E-state index in [1.54, 1.807) is 0 Å². The molecule has 0 radical (unpaired) electrons. The third-order valence-electron chi connectivity index (χ3n) is 4.37. The molecule has 130 valence electrons. The average Bonchev–Trinajstić information content (AvgIpc) is 2.96. The molecule has 1 N–H and O–H groups in total. The average molecular weight is 320 g/mol. The maximum absolute atomic E-state index is 5.54. The van der Waals surface area contributed by atoms with Gasteiger partial charge in [0.1, 0.15) is 0 Å². The van der Waals surface area contributed by atoms with E-state index in [4.69, 9.17) is 9.47 Å². The molecule has 1 aliphatic rings. The minimum atomic E-state index is 0.349. The second kappa shape index (κ2) is 9.14. The van der Waals surface area contributed by atoms with Gasteiger partial charge in [-0.25, -0.2) is 0 Å². The molecular weight excluding hydrogens is 288 g/mol. The molecule has 0 aliphatic carbocycles. The molecule has 1 heterocycles. The van der Waals surface area contributed by atoms with E-state index in [1.165, 1.54) is 24.8 Å². The van der Waals surface area contributed by atoms with Crippen LogP contribution in [0.3, 0.4) is 0 Å². The van der Waals surface area contributed by atoms with Gasteiger partial charge in [0.2, 0.25) is 6.79 Å². The Morgan fingerprint density at radius 1 is 1.04 bits per heavy atom. The van der Waals surface area contributed by atoms with Crippen LogP contribution in [0.4, 0.5) is 0 Å². The lowest BCUT2D eigenvalue weighted by molar-refractivity contribution is 0.174. The lowest BCUT2D eigenvalue weighted by atomic mass is 9.88. The van der Waals surface area contributed by atoms with Gasteiger partial charge >= 0.3 is 0 Å². The Morgan fingerprint density at radius 3 is 2.57 bits per heavy atom. The Morgan fingerprint density at radius 2 is 1.83 bits per heavy atom. The van der Waals surface area contributed by atoms with E-state index < -0.39 is 0 Å². The summed E-state index contributed by atoms with van der Waals surface area (Å²) >= 11 is 0. The first-order valence-electron chi connectivity index (χ1n) is 8.81. The van der Waals surface area contributed by atoms with E-state index >= 15 is 0 Å². The van der Waals surface area contributed by atoms with Gasteiger partial charge < -0.3 is 19.7 Å². The van der Waals surface area contributed by atoms with Crippen molar-refractivity contribution in [1.29, 1.82) is 0 Å². The van der Waals surface area contributed by atoms with E-state index in [0.717, 1.165) is 37.1 Å². The second-order valence-electron chi connectivity index (χ2n) is 7.12. The number of fused-ring (bicyclic) bond motifs is 1. The van der Waals surface area contributed by atoms with Gasteiger partial charge in [0.25, 0.3) is 0 Å². The minimum Gasteiger partial charge on any atom is -0.454 e. The van der Waals surface area contributed by atoms with E-state index in [9.17, 15) is 0 Å². The lowest BCUT2D eigenvalue weighted by Crippen LogP contribution is -2.27. The normalized spacial score (nSPS) is 14.7. The van der Waals surface area contributed by atoms with Crippen molar-refractivity contribution in [2.75, 3.05) is 40.5 Å². The van der Waals surface area contributed by atoms with Crippen LogP contribution in [-0.2, 0) is 0 Å². The number of rotatable bonds is 10. The number of hydrogen-bond donors (Lipinski definition) is 1. The fraction of sp³-hybridized carbons (Fsp3) is 0.684. The first-order chi connectivity index (χ1) is 11.1. The Bertz CT molecular complexity index is 474. The number of hydrogen-bond acceptors (Lipinski definition) is 4. The van der Waals surface area contributed by atoms with Crippen molar-refractivity contribution >= 4 is 0 Å². The highest BCUT2D eigenvalue weighted by atomic mass is 16.7. The minimum absolute atomic E-state index is 0.349. The first-order valence-corrected chi connectivity index (χ1v) is 8.81. The molecule has 0 amide bonds. The lowest BCUT2D eigenvalue weighted by Gasteiger charge is -2.20. The molecule has 0 unspecified atom stereocenters. The van der Waals surface area contributed by atoms with Crippen molar-refractivity contribution in [3.8, 4) is 11.5 Å². The van der Waals surface area contributed by atoms with Crippen molar-refractivity contribution < 1.29 is 9.47 Å². The molecule has 1 aromatic carbocycles. The molecule has 0 bridgehead atoms. The van der Waals surface area contributed by atoms with Crippen molar-refractivity contribution in [2.45, 2.75) is 39.0 Å². The zero-order valence-corrected chi connectivity index (χ0v) is 15.1. The molecule has 0 fully saturated rings. The molecule has 1 atom stereocenters. The molecule has 4 nitrogen and oxygen atoms in total. The Hall–Kier alpha value is -1.26. The van der Waals surface area contributed by atoms with E-state index in [1.807, 2.05) is 0 Å². The number of nitrogens with zero attached hydrogens (tertiary/aromatic N) is 1. The molecule has 0 saturated carbocycles. The number of nitrogens with one attached hydrogen (secondary N) is 1. The maximum Gasteiger partial charge on any atom is 0.231 e. The van der Waals surface area contributed by atoms with Gasteiger partial charge in [0.15, 0.2) is 11.5 Å². The van der Waals surface area contributed by atoms with Gasteiger partial charge in [-0.3, -0.25) is 0 Å². The third kappa shape index (κ3) is 6.04. The fourth-order valence-electron chi connectivity index (χ4n) is 2.88. The van der Waals surface area contributed by atoms with Crippen LogP contribution in [-0.4, -0.2) is 45.4 Å². The topological polar surface area (TPSA) is 33.7 Å². The highest BCUT2D eigenvalue weighted by Crippen LogP contribution is 2.36. The zero-order valence-electron chi connectivity index (χ0n) is 15.1. The number of benzene rings is 1. The summed E-state index contributed by atoms with van der Waals surface area (Å²) in [6.45, 7) is 8.14. The van der Waals surface area contributed by atoms with E-state index in [-0.39, 0.29) is 0 Å². The largest absolute Gasteiger partial charge is 0.454 e. The zero-order chi connectivity index (χ0) is 16.7. The van der Waals surface area contributed by atoms with Crippen LogP contribution in [0.15, 0.2) is 18.2 Å². The standard InChI is InChI=1S/C19H32N2O2/c1-15(2)5-6-16(9-10-20-11-12-21(3)4)17-7-8-18-19(13-17)23-14-22-18/h7-8,13,15-16,20H,5-6,9-12,14H2,1-4H3/t16-/m1/s1. The van der Waals surface area contributed by atoms with Crippen LogP contribution in [0.5, 0.6) is 11.5 Å². The van der Waals surface area contributed by atoms with Crippen molar-refractivity contribution in [3.63, 3.8) is 0 Å². The number of ether oxygens (including phenoxy) is 2. The maximum atomic E-state index is 5.54. The van der Waals surface area contributed by atoms with Crippen molar-refractivity contribution in [1.82, 2.24) is 10.2 Å². The molecular formula is C19H32N2O2. The van der Waals surface area contributed by atoms with Crippen molar-refractivity contribution in [3.05, 3.63) is 23.8 Å². The molecule has 0 saturated heterocycles. The van der Waals surface area contributed by atoms with E-state index in [2.05, 4.69) is 56.4 Å². The molecule has 1 aliphatic heterocycles. The van der Waals surface area contributed by atoms with Crippen LogP contribution in [0.25, 0.3) is 0 Å². The SMILES string of the molecule is CC(C)CC[C@H](CCNCCN(C)C)c1ccc2c(c1)OCO2. The predicted octanol–water partition coefficient (Wildman–Crippen LogP) is 3.48. The molecule has 0 spiro atoms. The van der Waals surface area contributed by atoms with Crippen LogP contribution in [0.1, 0.15) is 44.6 Å². The van der Waals surface area contributed by atoms with Gasteiger partial charge in [0, 0.05) is 13.1 Å². The third-order valence-corrected chi connectivity index (χ3v) is 4.37. The molecule has 2 rings (SSSR count). The highest BCUT2D eigenvalue weighted by Gasteiger charge is 2.18. The van der Waals surface area contributed by atoms with Gasteiger partial charge in [-0.1, -0.05) is 26.3 Å². The summed E-state index contributed by atoms with van der Waals surface area (Å²) in [7, 11) is 4.22. The number of likely N-dealkylation sites (N-methyl/N-ethyl adjacent to an activating group) is 1. The summed E-state index contributed by atoms with van der Waals surface area (Å²) in [5.41, 5.74) is 1.38. The first kappa shape index (κ1) is 18.1. The summed E-state index contributed by atoms with van der Waals surface area (Å²) in [5, 5.41) is 3.56. The summed E-state index contributed by atoms with van der Waals surface area (Å²) in [6, 6.07) is 6.44. The quantitative estimate of drug-likeness (QED) is 0.669. The molecule has 1 aromatic rings. The summed E-state index contributed by atoms with van der Waals surface area (Å²) in [4.78, 5) is 2.21. The Labute approximate surface area is 141 Å². The highest BCUT2D eigenvalue weighted by molar-refractivity contribution is 5.45. The summed E-state index contributed by atoms with van der Waals surface area (Å²) < 4.78 is 11.0. The van der Waals surface area contributed by atoms with Crippen LogP contribution >= 0.6 is 0 Å². The Balaban J connectivity index is 1.90. The van der Waals surface area contributed by atoms with Gasteiger partial charge in [0.05, 0.1) is 0 Å². The van der Waals surface area contributed by atoms with Gasteiger partial charge in [-0.2, -0.15) is 0 Å². The smallest absolute Gasteiger partial charge is 0.231 e.